The number of ether oxygens (including phenoxy) is 2. The van der Waals surface area contributed by atoms with Crippen LogP contribution in [-0.4, -0.2) is 31.1 Å². The van der Waals surface area contributed by atoms with Gasteiger partial charge in [-0.2, -0.15) is 13.2 Å². The Morgan fingerprint density at radius 3 is 2.33 bits per heavy atom. The van der Waals surface area contributed by atoms with Crippen LogP contribution in [-0.2, 0) is 24.7 Å². The highest BCUT2D eigenvalue weighted by Crippen LogP contribution is 2.44. The van der Waals surface area contributed by atoms with E-state index in [4.69, 9.17) is 9.47 Å². The van der Waals surface area contributed by atoms with E-state index in [-0.39, 0.29) is 22.7 Å². The highest BCUT2D eigenvalue weighted by atomic mass is 19.4. The van der Waals surface area contributed by atoms with Crippen LogP contribution < -0.4 is 0 Å². The Bertz CT molecular complexity index is 798. The van der Waals surface area contributed by atoms with Gasteiger partial charge in [0, 0.05) is 19.1 Å². The first-order chi connectivity index (χ1) is 13.8. The number of benzene rings is 1. The van der Waals surface area contributed by atoms with E-state index in [0.717, 1.165) is 12.7 Å². The van der Waals surface area contributed by atoms with Crippen LogP contribution in [0.5, 0.6) is 0 Å². The van der Waals surface area contributed by atoms with Gasteiger partial charge in [-0.1, -0.05) is 49.8 Å². The van der Waals surface area contributed by atoms with Crippen LogP contribution in [0, 0.1) is 11.3 Å². The van der Waals surface area contributed by atoms with E-state index < -0.39 is 23.9 Å². The van der Waals surface area contributed by atoms with Crippen molar-refractivity contribution in [1.29, 1.82) is 0 Å². The predicted molar refractivity (Wildman–Crippen MR) is 107 cm³/mol. The number of rotatable bonds is 7. The zero-order chi connectivity index (χ0) is 22.7. The molecule has 2 rings (SSSR count). The van der Waals surface area contributed by atoms with Crippen LogP contribution in [0.2, 0.25) is 0 Å². The van der Waals surface area contributed by atoms with E-state index in [0.29, 0.717) is 19.3 Å². The number of hydrogen-bond acceptors (Lipinski definition) is 4. The molecule has 0 bridgehead atoms. The molecule has 1 aromatic rings. The second-order valence-corrected chi connectivity index (χ2v) is 8.61. The summed E-state index contributed by atoms with van der Waals surface area (Å²) in [5.74, 6) is -1.33. The molecule has 3 atom stereocenters. The quantitative estimate of drug-likeness (QED) is 0.551. The maximum atomic E-state index is 14.0. The summed E-state index contributed by atoms with van der Waals surface area (Å²) in [7, 11) is 0.849. The van der Waals surface area contributed by atoms with Crippen molar-refractivity contribution in [1.82, 2.24) is 0 Å². The van der Waals surface area contributed by atoms with Gasteiger partial charge in [0.15, 0.2) is 5.78 Å². The zero-order valence-electron chi connectivity index (χ0n) is 18.0. The van der Waals surface area contributed by atoms with Crippen LogP contribution in [0.3, 0.4) is 0 Å². The van der Waals surface area contributed by atoms with Crippen molar-refractivity contribution in [2.24, 2.45) is 11.3 Å². The molecular formula is C23H29F3O4. The lowest BCUT2D eigenvalue weighted by atomic mass is 9.66. The number of halogens is 3. The summed E-state index contributed by atoms with van der Waals surface area (Å²) in [6.07, 6.45) is -2.75. The molecule has 0 heterocycles. The average Bonchev–Trinajstić information content (AvgIpc) is 2.60. The van der Waals surface area contributed by atoms with Crippen LogP contribution in [0.25, 0.3) is 0 Å². The summed E-state index contributed by atoms with van der Waals surface area (Å²) in [4.78, 5) is 24.5. The lowest BCUT2D eigenvalue weighted by molar-refractivity contribution is -0.278. The Labute approximate surface area is 175 Å². The first-order valence-corrected chi connectivity index (χ1v) is 9.94. The van der Waals surface area contributed by atoms with Crippen LogP contribution in [0.1, 0.15) is 52.5 Å². The van der Waals surface area contributed by atoms with E-state index >= 15 is 0 Å². The van der Waals surface area contributed by atoms with Crippen molar-refractivity contribution >= 4 is 11.8 Å². The molecule has 0 saturated heterocycles. The fourth-order valence-electron chi connectivity index (χ4n) is 4.33. The molecule has 30 heavy (non-hydrogen) atoms. The van der Waals surface area contributed by atoms with Crippen molar-refractivity contribution in [2.75, 3.05) is 7.11 Å². The molecule has 0 saturated carbocycles. The van der Waals surface area contributed by atoms with E-state index in [9.17, 15) is 22.8 Å². The largest absolute Gasteiger partial charge is 0.460 e. The molecule has 166 valence electrons. The molecule has 0 unspecified atom stereocenters. The van der Waals surface area contributed by atoms with Crippen molar-refractivity contribution in [3.8, 4) is 0 Å². The second kappa shape index (κ2) is 8.92. The standard InChI is InChI=1S/C23H29F3O4/c1-15-13-18(27)14-21(3,4)19(15)12-11-16(2)30-20(28)22(29-5,23(24,25)26)17-9-7-6-8-10-17/h6-10,13,16,19H,11-12,14H2,1-5H3/t16-,19-,22+/m0/s1. The van der Waals surface area contributed by atoms with E-state index in [1.807, 2.05) is 20.8 Å². The van der Waals surface area contributed by atoms with Gasteiger partial charge in [-0.05, 0) is 44.1 Å². The Morgan fingerprint density at radius 2 is 1.83 bits per heavy atom. The first-order valence-electron chi connectivity index (χ1n) is 9.94. The van der Waals surface area contributed by atoms with E-state index in [2.05, 4.69) is 0 Å². The Hall–Kier alpha value is -2.15. The van der Waals surface area contributed by atoms with Crippen LogP contribution in [0.4, 0.5) is 13.2 Å². The third-order valence-electron chi connectivity index (χ3n) is 5.85. The fourth-order valence-corrected chi connectivity index (χ4v) is 4.33. The zero-order valence-corrected chi connectivity index (χ0v) is 18.0. The molecule has 4 nitrogen and oxygen atoms in total. The summed E-state index contributed by atoms with van der Waals surface area (Å²) >= 11 is 0. The maximum Gasteiger partial charge on any atom is 0.432 e. The van der Waals surface area contributed by atoms with Crippen LogP contribution >= 0.6 is 0 Å². The summed E-state index contributed by atoms with van der Waals surface area (Å²) in [6.45, 7) is 7.45. The van der Waals surface area contributed by atoms with Crippen molar-refractivity contribution in [2.45, 2.75) is 64.8 Å². The van der Waals surface area contributed by atoms with Crippen molar-refractivity contribution < 1.29 is 32.2 Å². The molecule has 0 N–H and O–H groups in total. The highest BCUT2D eigenvalue weighted by Gasteiger charge is 2.64. The number of ketones is 1. The molecule has 0 radical (unpaired) electrons. The minimum Gasteiger partial charge on any atom is -0.460 e. The molecule has 0 amide bonds. The summed E-state index contributed by atoms with van der Waals surface area (Å²) in [5.41, 5.74) is -2.83. The molecule has 7 heteroatoms. The number of carbonyl (C=O) groups is 2. The average molecular weight is 426 g/mol. The van der Waals surface area contributed by atoms with Gasteiger partial charge in [-0.15, -0.1) is 0 Å². The van der Waals surface area contributed by atoms with E-state index in [1.54, 1.807) is 19.1 Å². The number of alkyl halides is 3. The van der Waals surface area contributed by atoms with Gasteiger partial charge in [-0.3, -0.25) is 4.79 Å². The summed E-state index contributed by atoms with van der Waals surface area (Å²) in [5, 5.41) is 0. The second-order valence-electron chi connectivity index (χ2n) is 8.61. The summed E-state index contributed by atoms with van der Waals surface area (Å²) < 4.78 is 51.9. The SMILES string of the molecule is CO[C@@](C(=O)O[C@@H](C)CC[C@H]1C(C)=CC(=O)CC1(C)C)(c1ccccc1)C(F)(F)F. The maximum absolute atomic E-state index is 14.0. The van der Waals surface area contributed by atoms with Gasteiger partial charge >= 0.3 is 12.1 Å². The normalized spacial score (nSPS) is 22.1. The predicted octanol–water partition coefficient (Wildman–Crippen LogP) is 5.36. The molecule has 0 spiro atoms. The molecular weight excluding hydrogens is 397 g/mol. The van der Waals surface area contributed by atoms with Crippen molar-refractivity contribution in [3.63, 3.8) is 0 Å². The fraction of sp³-hybridized carbons (Fsp3) is 0.565. The molecule has 1 aliphatic carbocycles. The molecule has 1 aliphatic rings. The van der Waals surface area contributed by atoms with Gasteiger partial charge in [-0.25, -0.2) is 4.79 Å². The van der Waals surface area contributed by atoms with Crippen LogP contribution in [0.15, 0.2) is 42.0 Å². The number of allylic oxidation sites excluding steroid dienone is 2. The smallest absolute Gasteiger partial charge is 0.432 e. The number of esters is 1. The molecule has 1 aromatic carbocycles. The Morgan fingerprint density at radius 1 is 1.23 bits per heavy atom. The topological polar surface area (TPSA) is 52.6 Å². The number of carbonyl (C=O) groups excluding carboxylic acids is 2. The lowest BCUT2D eigenvalue weighted by Crippen LogP contribution is -2.52. The minimum atomic E-state index is -5.00. The number of hydrogen-bond donors (Lipinski definition) is 0. The molecule has 0 aliphatic heterocycles. The third-order valence-corrected chi connectivity index (χ3v) is 5.85. The van der Waals surface area contributed by atoms with Gasteiger partial charge in [0.25, 0.3) is 5.60 Å². The Balaban J connectivity index is 2.16. The lowest BCUT2D eigenvalue weighted by Gasteiger charge is -2.38. The summed E-state index contributed by atoms with van der Waals surface area (Å²) in [6, 6.07) is 6.76. The monoisotopic (exact) mass is 426 g/mol. The van der Waals surface area contributed by atoms with Gasteiger partial charge < -0.3 is 9.47 Å². The highest BCUT2D eigenvalue weighted by molar-refractivity contribution is 5.92. The van der Waals surface area contributed by atoms with Gasteiger partial charge in [0.05, 0.1) is 6.10 Å². The van der Waals surface area contributed by atoms with Gasteiger partial charge in [0.1, 0.15) is 0 Å². The van der Waals surface area contributed by atoms with Gasteiger partial charge in [0.2, 0.25) is 0 Å². The minimum absolute atomic E-state index is 0.0751. The van der Waals surface area contributed by atoms with E-state index in [1.165, 1.54) is 24.3 Å². The molecule has 0 aromatic heterocycles. The molecule has 0 fully saturated rings. The number of methoxy groups -OCH3 is 1. The van der Waals surface area contributed by atoms with Crippen molar-refractivity contribution in [3.05, 3.63) is 47.5 Å². The Kier molecular flexibility index (Phi) is 7.17. The first kappa shape index (κ1) is 24.1. The third kappa shape index (κ3) is 4.77.